The number of allylic oxidation sites excluding steroid dienone is 1. The van der Waals surface area contributed by atoms with Crippen molar-refractivity contribution in [3.05, 3.63) is 47.7 Å². The summed E-state index contributed by atoms with van der Waals surface area (Å²) in [5, 5.41) is 9.73. The summed E-state index contributed by atoms with van der Waals surface area (Å²) in [7, 11) is 1.65. The molecular weight excluding hydrogens is 254 g/mol. The fraction of sp³-hybridized carbons (Fsp3) is 0.500. The quantitative estimate of drug-likeness (QED) is 0.784. The van der Waals surface area contributed by atoms with Crippen LogP contribution in [0.3, 0.4) is 0 Å². The highest BCUT2D eigenvalue weighted by atomic mass is 16.5. The van der Waals surface area contributed by atoms with Gasteiger partial charge in [-0.3, -0.25) is 0 Å². The Bertz CT molecular complexity index is 449. The van der Waals surface area contributed by atoms with Gasteiger partial charge < -0.3 is 20.3 Å². The highest BCUT2D eigenvalue weighted by Crippen LogP contribution is 2.31. The zero-order chi connectivity index (χ0) is 14.6. The smallest absolute Gasteiger partial charge is 0.0926 e. The van der Waals surface area contributed by atoms with E-state index in [9.17, 15) is 5.11 Å². The van der Waals surface area contributed by atoms with Crippen LogP contribution in [0.15, 0.2) is 36.6 Å². The van der Waals surface area contributed by atoms with Gasteiger partial charge in [0.2, 0.25) is 0 Å². The standard InChI is InChI=1S/C16H23NO3/c1-12(18)15(7-9-19-2)13-3-5-14(6-4-13)16(17)8-10-20-11-16/h3-6,15,18H,1,7-11,17H2,2H3. The molecule has 4 nitrogen and oxygen atoms in total. The number of rotatable bonds is 6. The van der Waals surface area contributed by atoms with E-state index in [0.29, 0.717) is 26.2 Å². The van der Waals surface area contributed by atoms with Gasteiger partial charge in [0.05, 0.1) is 17.9 Å². The minimum Gasteiger partial charge on any atom is -0.512 e. The maximum absolute atomic E-state index is 9.73. The molecule has 1 heterocycles. The van der Waals surface area contributed by atoms with Gasteiger partial charge in [-0.05, 0) is 24.0 Å². The van der Waals surface area contributed by atoms with Crippen molar-refractivity contribution in [2.75, 3.05) is 26.9 Å². The zero-order valence-corrected chi connectivity index (χ0v) is 12.0. The molecule has 4 heteroatoms. The molecule has 0 aromatic heterocycles. The zero-order valence-electron chi connectivity index (χ0n) is 12.0. The SMILES string of the molecule is C=C(O)C(CCOC)c1ccc(C2(N)CCOC2)cc1. The number of hydrogen-bond acceptors (Lipinski definition) is 4. The molecular formula is C16H23NO3. The van der Waals surface area contributed by atoms with Crippen LogP contribution in [0.25, 0.3) is 0 Å². The lowest BCUT2D eigenvalue weighted by molar-refractivity contribution is 0.178. The average molecular weight is 277 g/mol. The van der Waals surface area contributed by atoms with Gasteiger partial charge in [-0.1, -0.05) is 30.8 Å². The summed E-state index contributed by atoms with van der Waals surface area (Å²) in [6.45, 7) is 5.51. The van der Waals surface area contributed by atoms with E-state index >= 15 is 0 Å². The summed E-state index contributed by atoms with van der Waals surface area (Å²) in [4.78, 5) is 0. The van der Waals surface area contributed by atoms with Gasteiger partial charge in [-0.15, -0.1) is 0 Å². The Morgan fingerprint density at radius 1 is 1.50 bits per heavy atom. The molecule has 0 aliphatic carbocycles. The maximum atomic E-state index is 9.73. The fourth-order valence-electron chi connectivity index (χ4n) is 2.62. The third-order valence-corrected chi connectivity index (χ3v) is 3.95. The van der Waals surface area contributed by atoms with Gasteiger partial charge in [0.15, 0.2) is 0 Å². The third-order valence-electron chi connectivity index (χ3n) is 3.95. The maximum Gasteiger partial charge on any atom is 0.0926 e. The van der Waals surface area contributed by atoms with E-state index in [4.69, 9.17) is 15.2 Å². The second kappa shape index (κ2) is 6.39. The van der Waals surface area contributed by atoms with Crippen LogP contribution < -0.4 is 5.73 Å². The molecule has 1 aromatic rings. The summed E-state index contributed by atoms with van der Waals surface area (Å²) < 4.78 is 10.5. The van der Waals surface area contributed by atoms with Crippen molar-refractivity contribution in [3.8, 4) is 0 Å². The molecule has 3 N–H and O–H groups in total. The summed E-state index contributed by atoms with van der Waals surface area (Å²) in [6, 6.07) is 8.05. The van der Waals surface area contributed by atoms with Crippen LogP contribution in [0.1, 0.15) is 29.9 Å². The van der Waals surface area contributed by atoms with Gasteiger partial charge in [0.25, 0.3) is 0 Å². The Balaban J connectivity index is 2.15. The molecule has 0 saturated carbocycles. The molecule has 1 fully saturated rings. The molecule has 1 aromatic carbocycles. The van der Waals surface area contributed by atoms with Crippen molar-refractivity contribution in [1.29, 1.82) is 0 Å². The van der Waals surface area contributed by atoms with Crippen molar-refractivity contribution in [1.82, 2.24) is 0 Å². The highest BCUT2D eigenvalue weighted by molar-refractivity contribution is 5.33. The minimum absolute atomic E-state index is 0.0995. The summed E-state index contributed by atoms with van der Waals surface area (Å²) in [5.74, 6) is 0.0685. The lowest BCUT2D eigenvalue weighted by Crippen LogP contribution is -2.36. The van der Waals surface area contributed by atoms with Crippen molar-refractivity contribution in [3.63, 3.8) is 0 Å². The van der Waals surface area contributed by atoms with Crippen LogP contribution in [-0.2, 0) is 15.0 Å². The normalized spacial score (nSPS) is 23.7. The van der Waals surface area contributed by atoms with E-state index in [-0.39, 0.29) is 17.2 Å². The van der Waals surface area contributed by atoms with Gasteiger partial charge >= 0.3 is 0 Å². The van der Waals surface area contributed by atoms with Gasteiger partial charge in [0.1, 0.15) is 0 Å². The van der Waals surface area contributed by atoms with Crippen LogP contribution in [0, 0.1) is 0 Å². The summed E-state index contributed by atoms with van der Waals surface area (Å²) in [5.41, 5.74) is 8.06. The monoisotopic (exact) mass is 277 g/mol. The molecule has 2 rings (SSSR count). The lowest BCUT2D eigenvalue weighted by atomic mass is 9.87. The molecule has 2 atom stereocenters. The van der Waals surface area contributed by atoms with Crippen LogP contribution in [0.4, 0.5) is 0 Å². The van der Waals surface area contributed by atoms with Crippen LogP contribution in [0.2, 0.25) is 0 Å². The Kier molecular flexibility index (Phi) is 4.81. The van der Waals surface area contributed by atoms with Crippen molar-refractivity contribution < 1.29 is 14.6 Å². The second-order valence-corrected chi connectivity index (χ2v) is 5.41. The predicted molar refractivity (Wildman–Crippen MR) is 78.7 cm³/mol. The molecule has 20 heavy (non-hydrogen) atoms. The first-order chi connectivity index (χ1) is 9.57. The van der Waals surface area contributed by atoms with Crippen LogP contribution in [0.5, 0.6) is 0 Å². The predicted octanol–water partition coefficient (Wildman–Crippen LogP) is 2.45. The van der Waals surface area contributed by atoms with Gasteiger partial charge in [0, 0.05) is 26.2 Å². The Morgan fingerprint density at radius 2 is 2.20 bits per heavy atom. The first-order valence-corrected chi connectivity index (χ1v) is 6.90. The minimum atomic E-state index is -0.378. The number of ether oxygens (including phenoxy) is 2. The number of hydrogen-bond donors (Lipinski definition) is 2. The van der Waals surface area contributed by atoms with E-state index < -0.39 is 0 Å². The van der Waals surface area contributed by atoms with E-state index in [1.54, 1.807) is 7.11 Å². The van der Waals surface area contributed by atoms with Crippen LogP contribution >= 0.6 is 0 Å². The highest BCUT2D eigenvalue weighted by Gasteiger charge is 2.32. The average Bonchev–Trinajstić information content (AvgIpc) is 2.88. The fourth-order valence-corrected chi connectivity index (χ4v) is 2.62. The molecule has 0 bridgehead atoms. The molecule has 0 spiro atoms. The molecule has 1 saturated heterocycles. The molecule has 0 radical (unpaired) electrons. The number of aliphatic hydroxyl groups excluding tert-OH is 1. The van der Waals surface area contributed by atoms with Crippen LogP contribution in [-0.4, -0.2) is 32.0 Å². The van der Waals surface area contributed by atoms with E-state index in [1.165, 1.54) is 0 Å². The largest absolute Gasteiger partial charge is 0.512 e. The van der Waals surface area contributed by atoms with E-state index in [0.717, 1.165) is 17.5 Å². The Morgan fingerprint density at radius 3 is 2.70 bits per heavy atom. The molecule has 1 aliphatic heterocycles. The topological polar surface area (TPSA) is 64.7 Å². The summed E-state index contributed by atoms with van der Waals surface area (Å²) >= 11 is 0. The molecule has 1 aliphatic rings. The number of aliphatic hydroxyl groups is 1. The van der Waals surface area contributed by atoms with Crippen molar-refractivity contribution >= 4 is 0 Å². The first kappa shape index (κ1) is 15.0. The third kappa shape index (κ3) is 3.20. The molecule has 0 amide bonds. The first-order valence-electron chi connectivity index (χ1n) is 6.90. The van der Waals surface area contributed by atoms with E-state index in [2.05, 4.69) is 6.58 Å². The lowest BCUT2D eigenvalue weighted by Gasteiger charge is -2.23. The summed E-state index contributed by atoms with van der Waals surface area (Å²) in [6.07, 6.45) is 1.55. The van der Waals surface area contributed by atoms with Gasteiger partial charge in [-0.25, -0.2) is 0 Å². The van der Waals surface area contributed by atoms with Crippen molar-refractivity contribution in [2.24, 2.45) is 5.73 Å². The molecule has 2 unspecified atom stereocenters. The van der Waals surface area contributed by atoms with Gasteiger partial charge in [-0.2, -0.15) is 0 Å². The van der Waals surface area contributed by atoms with Crippen molar-refractivity contribution in [2.45, 2.75) is 24.3 Å². The van der Waals surface area contributed by atoms with E-state index in [1.807, 2.05) is 24.3 Å². The number of methoxy groups -OCH3 is 1. The molecule has 110 valence electrons. The second-order valence-electron chi connectivity index (χ2n) is 5.41. The number of nitrogens with two attached hydrogens (primary N) is 1. The Hall–Kier alpha value is -1.36. The Labute approximate surface area is 120 Å². The number of benzene rings is 1.